The van der Waals surface area contributed by atoms with Gasteiger partial charge in [0.05, 0.1) is 12.0 Å². The van der Waals surface area contributed by atoms with Crippen LogP contribution in [0.3, 0.4) is 0 Å². The van der Waals surface area contributed by atoms with Crippen molar-refractivity contribution in [2.75, 3.05) is 25.6 Å². The summed E-state index contributed by atoms with van der Waals surface area (Å²) in [6.07, 6.45) is 1.44. The van der Waals surface area contributed by atoms with Gasteiger partial charge in [-0.3, -0.25) is 9.59 Å². The summed E-state index contributed by atoms with van der Waals surface area (Å²) in [6.45, 7) is 0.375. The van der Waals surface area contributed by atoms with Gasteiger partial charge in [-0.1, -0.05) is 48.0 Å². The second-order valence-electron chi connectivity index (χ2n) is 6.68. The number of hydrogen-bond donors (Lipinski definition) is 1. The average Bonchev–Trinajstić information content (AvgIpc) is 2.68. The minimum Gasteiger partial charge on any atom is -0.375 e. The molecule has 6 heteroatoms. The topological polar surface area (TPSA) is 58.6 Å². The molecular weight excluding hydrogens is 364 g/mol. The van der Waals surface area contributed by atoms with Crippen LogP contribution in [0.1, 0.15) is 24.4 Å². The Bertz CT molecular complexity index is 797. The van der Waals surface area contributed by atoms with Gasteiger partial charge in [-0.25, -0.2) is 0 Å². The summed E-state index contributed by atoms with van der Waals surface area (Å²) in [5, 5.41) is 3.47. The monoisotopic (exact) mass is 386 g/mol. The number of methoxy groups -OCH3 is 1. The first-order chi connectivity index (χ1) is 13.1. The fourth-order valence-corrected chi connectivity index (χ4v) is 3.69. The number of hydrogen-bond acceptors (Lipinski definition) is 3. The Morgan fingerprint density at radius 2 is 1.93 bits per heavy atom. The fourth-order valence-electron chi connectivity index (χ4n) is 3.50. The molecule has 0 aromatic heterocycles. The molecule has 1 aliphatic rings. The standard InChI is InChI=1S/C21H23ClN2O3/c1-27-14-20(25)24-13-16(10-11-19(24)15-6-3-2-4-7-15)21(26)23-18-9-5-8-17(22)12-18/h2-9,12,16,19H,10-11,13-14H2,1H3,(H,23,26). The van der Waals surface area contributed by atoms with Gasteiger partial charge in [-0.05, 0) is 36.6 Å². The van der Waals surface area contributed by atoms with Crippen LogP contribution in [0, 0.1) is 5.92 Å². The predicted molar refractivity (Wildman–Crippen MR) is 106 cm³/mol. The lowest BCUT2D eigenvalue weighted by Gasteiger charge is -2.39. The number of rotatable bonds is 5. The highest BCUT2D eigenvalue weighted by molar-refractivity contribution is 6.30. The smallest absolute Gasteiger partial charge is 0.249 e. The number of halogens is 1. The SMILES string of the molecule is COCC(=O)N1CC(C(=O)Nc2cccc(Cl)c2)CCC1c1ccccc1. The van der Waals surface area contributed by atoms with Crippen molar-refractivity contribution in [1.82, 2.24) is 4.90 Å². The zero-order valence-corrected chi connectivity index (χ0v) is 16.0. The van der Waals surface area contributed by atoms with E-state index in [0.29, 0.717) is 23.7 Å². The predicted octanol–water partition coefficient (Wildman–Crippen LogP) is 3.90. The summed E-state index contributed by atoms with van der Waals surface area (Å²) in [5.41, 5.74) is 1.74. The fraction of sp³-hybridized carbons (Fsp3) is 0.333. The second kappa shape index (κ2) is 9.02. The zero-order chi connectivity index (χ0) is 19.2. The molecular formula is C21H23ClN2O3. The maximum Gasteiger partial charge on any atom is 0.249 e. The summed E-state index contributed by atoms with van der Waals surface area (Å²) in [6, 6.07) is 16.9. The van der Waals surface area contributed by atoms with Gasteiger partial charge in [0, 0.05) is 24.4 Å². The largest absolute Gasteiger partial charge is 0.375 e. The molecule has 3 rings (SSSR count). The molecule has 0 aliphatic carbocycles. The molecule has 2 amide bonds. The van der Waals surface area contributed by atoms with Crippen molar-refractivity contribution in [2.45, 2.75) is 18.9 Å². The molecule has 2 unspecified atom stereocenters. The van der Waals surface area contributed by atoms with Crippen molar-refractivity contribution in [3.8, 4) is 0 Å². The Labute approximate surface area is 164 Å². The summed E-state index contributed by atoms with van der Waals surface area (Å²) in [5.74, 6) is -0.477. The van der Waals surface area contributed by atoms with Crippen molar-refractivity contribution in [3.63, 3.8) is 0 Å². The third kappa shape index (κ3) is 4.87. The average molecular weight is 387 g/mol. The number of anilines is 1. The highest BCUT2D eigenvalue weighted by atomic mass is 35.5. The van der Waals surface area contributed by atoms with Crippen molar-refractivity contribution in [1.29, 1.82) is 0 Å². The number of carbonyl (C=O) groups is 2. The van der Waals surface area contributed by atoms with Gasteiger partial charge in [0.2, 0.25) is 11.8 Å². The molecule has 0 spiro atoms. The summed E-state index contributed by atoms with van der Waals surface area (Å²) < 4.78 is 5.04. The number of likely N-dealkylation sites (tertiary alicyclic amines) is 1. The van der Waals surface area contributed by atoms with E-state index in [1.165, 1.54) is 7.11 Å². The van der Waals surface area contributed by atoms with E-state index in [1.54, 1.807) is 29.2 Å². The van der Waals surface area contributed by atoms with Crippen LogP contribution < -0.4 is 5.32 Å². The van der Waals surface area contributed by atoms with Gasteiger partial charge in [-0.15, -0.1) is 0 Å². The molecule has 1 fully saturated rings. The van der Waals surface area contributed by atoms with Crippen LogP contribution in [0.4, 0.5) is 5.69 Å². The van der Waals surface area contributed by atoms with E-state index in [2.05, 4.69) is 5.32 Å². The third-order valence-corrected chi connectivity index (χ3v) is 5.05. The molecule has 0 radical (unpaired) electrons. The molecule has 0 bridgehead atoms. The maximum atomic E-state index is 12.7. The summed E-state index contributed by atoms with van der Waals surface area (Å²) >= 11 is 5.98. The Morgan fingerprint density at radius 3 is 2.63 bits per heavy atom. The highest BCUT2D eigenvalue weighted by Crippen LogP contribution is 2.34. The first-order valence-electron chi connectivity index (χ1n) is 8.98. The molecule has 1 aliphatic heterocycles. The molecule has 5 nitrogen and oxygen atoms in total. The van der Waals surface area contributed by atoms with Crippen molar-refractivity contribution in [2.24, 2.45) is 5.92 Å². The van der Waals surface area contributed by atoms with Crippen molar-refractivity contribution < 1.29 is 14.3 Å². The van der Waals surface area contributed by atoms with Gasteiger partial charge in [0.15, 0.2) is 0 Å². The van der Waals surface area contributed by atoms with Crippen LogP contribution in [0.5, 0.6) is 0 Å². The van der Waals surface area contributed by atoms with Gasteiger partial charge in [-0.2, -0.15) is 0 Å². The zero-order valence-electron chi connectivity index (χ0n) is 15.2. The first kappa shape index (κ1) is 19.4. The molecule has 1 heterocycles. The Balaban J connectivity index is 1.74. The van der Waals surface area contributed by atoms with Crippen LogP contribution in [-0.2, 0) is 14.3 Å². The quantitative estimate of drug-likeness (QED) is 0.847. The van der Waals surface area contributed by atoms with E-state index >= 15 is 0 Å². The Morgan fingerprint density at radius 1 is 1.15 bits per heavy atom. The summed E-state index contributed by atoms with van der Waals surface area (Å²) in [4.78, 5) is 27.1. The number of piperidine rings is 1. The minimum atomic E-state index is -0.273. The van der Waals surface area contributed by atoms with Gasteiger partial charge >= 0.3 is 0 Å². The van der Waals surface area contributed by atoms with Crippen LogP contribution in [0.15, 0.2) is 54.6 Å². The highest BCUT2D eigenvalue weighted by Gasteiger charge is 2.35. The van der Waals surface area contributed by atoms with E-state index in [-0.39, 0.29) is 30.4 Å². The third-order valence-electron chi connectivity index (χ3n) is 4.82. The Hall–Kier alpha value is -2.37. The van der Waals surface area contributed by atoms with Gasteiger partial charge in [0.1, 0.15) is 6.61 Å². The minimum absolute atomic E-state index is 0.00592. The molecule has 142 valence electrons. The van der Waals surface area contributed by atoms with E-state index in [9.17, 15) is 9.59 Å². The number of carbonyl (C=O) groups excluding carboxylic acids is 2. The lowest BCUT2D eigenvalue weighted by Crippen LogP contribution is -2.46. The lowest BCUT2D eigenvalue weighted by atomic mass is 9.88. The number of nitrogens with one attached hydrogen (secondary N) is 1. The molecule has 2 atom stereocenters. The summed E-state index contributed by atoms with van der Waals surface area (Å²) in [7, 11) is 1.50. The van der Waals surface area contributed by atoms with Gasteiger partial charge < -0.3 is 15.0 Å². The van der Waals surface area contributed by atoms with Crippen molar-refractivity contribution in [3.05, 3.63) is 65.2 Å². The van der Waals surface area contributed by atoms with Crippen LogP contribution in [0.2, 0.25) is 5.02 Å². The normalized spacial score (nSPS) is 19.6. The van der Waals surface area contributed by atoms with Crippen LogP contribution >= 0.6 is 11.6 Å². The number of ether oxygens (including phenoxy) is 1. The first-order valence-corrected chi connectivity index (χ1v) is 9.36. The van der Waals surface area contributed by atoms with Gasteiger partial charge in [0.25, 0.3) is 0 Å². The van der Waals surface area contributed by atoms with Crippen LogP contribution in [0.25, 0.3) is 0 Å². The molecule has 2 aromatic carbocycles. The lowest BCUT2D eigenvalue weighted by molar-refractivity contribution is -0.141. The maximum absolute atomic E-state index is 12.7. The second-order valence-corrected chi connectivity index (χ2v) is 7.12. The molecule has 2 aromatic rings. The van der Waals surface area contributed by atoms with E-state index < -0.39 is 0 Å². The molecule has 27 heavy (non-hydrogen) atoms. The van der Waals surface area contributed by atoms with Crippen molar-refractivity contribution >= 4 is 29.1 Å². The van der Waals surface area contributed by atoms with E-state index in [4.69, 9.17) is 16.3 Å². The number of nitrogens with zero attached hydrogens (tertiary/aromatic N) is 1. The number of amides is 2. The number of benzene rings is 2. The molecule has 0 saturated carbocycles. The Kier molecular flexibility index (Phi) is 6.48. The molecule has 1 N–H and O–H groups in total. The van der Waals surface area contributed by atoms with E-state index in [1.807, 2.05) is 30.3 Å². The van der Waals surface area contributed by atoms with E-state index in [0.717, 1.165) is 12.0 Å². The molecule has 1 saturated heterocycles. The van der Waals surface area contributed by atoms with Crippen LogP contribution in [-0.4, -0.2) is 37.0 Å².